The van der Waals surface area contributed by atoms with E-state index in [1.54, 1.807) is 6.07 Å². The first-order valence-electron chi connectivity index (χ1n) is 7.06. The second kappa shape index (κ2) is 7.90. The SMILES string of the molecule is O=C(Nc1ccccc1[N+](=O)[O-])NC(CO)Cc1ccccc1. The van der Waals surface area contributed by atoms with E-state index in [9.17, 15) is 20.0 Å². The first-order chi connectivity index (χ1) is 11.1. The quantitative estimate of drug-likeness (QED) is 0.562. The first-order valence-corrected chi connectivity index (χ1v) is 7.06. The lowest BCUT2D eigenvalue weighted by atomic mass is 10.1. The van der Waals surface area contributed by atoms with Gasteiger partial charge in [0.05, 0.1) is 17.6 Å². The maximum Gasteiger partial charge on any atom is 0.319 e. The van der Waals surface area contributed by atoms with Crippen LogP contribution in [0.3, 0.4) is 0 Å². The molecule has 0 aliphatic rings. The maximum absolute atomic E-state index is 12.0. The van der Waals surface area contributed by atoms with Crippen LogP contribution in [0.15, 0.2) is 54.6 Å². The highest BCUT2D eigenvalue weighted by atomic mass is 16.6. The molecule has 0 heterocycles. The molecule has 0 saturated heterocycles. The molecule has 0 saturated carbocycles. The van der Waals surface area contributed by atoms with Crippen LogP contribution in [0.2, 0.25) is 0 Å². The molecule has 2 aromatic rings. The molecule has 1 unspecified atom stereocenters. The number of urea groups is 1. The summed E-state index contributed by atoms with van der Waals surface area (Å²) < 4.78 is 0. The summed E-state index contributed by atoms with van der Waals surface area (Å²) in [6.07, 6.45) is 0.460. The molecule has 7 nitrogen and oxygen atoms in total. The number of para-hydroxylation sites is 2. The molecule has 2 aromatic carbocycles. The van der Waals surface area contributed by atoms with Crippen LogP contribution in [0.4, 0.5) is 16.2 Å². The average Bonchev–Trinajstić information content (AvgIpc) is 2.55. The Labute approximate surface area is 133 Å². The van der Waals surface area contributed by atoms with Gasteiger partial charge in [0, 0.05) is 6.07 Å². The van der Waals surface area contributed by atoms with Crippen LogP contribution >= 0.6 is 0 Å². The third kappa shape index (κ3) is 4.79. The lowest BCUT2D eigenvalue weighted by Gasteiger charge is -2.17. The van der Waals surface area contributed by atoms with Gasteiger partial charge in [-0.05, 0) is 18.1 Å². The average molecular weight is 315 g/mol. The second-order valence-corrected chi connectivity index (χ2v) is 4.94. The van der Waals surface area contributed by atoms with E-state index in [0.717, 1.165) is 5.56 Å². The molecule has 0 fully saturated rings. The fraction of sp³-hybridized carbons (Fsp3) is 0.188. The molecule has 0 aliphatic heterocycles. The Balaban J connectivity index is 1.99. The number of hydrogen-bond donors (Lipinski definition) is 3. The van der Waals surface area contributed by atoms with Crippen molar-refractivity contribution in [3.8, 4) is 0 Å². The largest absolute Gasteiger partial charge is 0.394 e. The van der Waals surface area contributed by atoms with Crippen LogP contribution in [-0.2, 0) is 6.42 Å². The highest BCUT2D eigenvalue weighted by Gasteiger charge is 2.17. The lowest BCUT2D eigenvalue weighted by Crippen LogP contribution is -2.41. The number of anilines is 1. The standard InChI is InChI=1S/C16H17N3O4/c20-11-13(10-12-6-2-1-3-7-12)17-16(21)18-14-8-4-5-9-15(14)19(22)23/h1-9,13,20H,10-11H2,(H2,17,18,21). The number of hydrogen-bond acceptors (Lipinski definition) is 4. The van der Waals surface area contributed by atoms with E-state index in [0.29, 0.717) is 6.42 Å². The summed E-state index contributed by atoms with van der Waals surface area (Å²) in [5, 5.41) is 25.4. The summed E-state index contributed by atoms with van der Waals surface area (Å²) >= 11 is 0. The van der Waals surface area contributed by atoms with Crippen molar-refractivity contribution >= 4 is 17.4 Å². The van der Waals surface area contributed by atoms with E-state index in [2.05, 4.69) is 10.6 Å². The molecule has 1 atom stereocenters. The number of nitrogens with one attached hydrogen (secondary N) is 2. The van der Waals surface area contributed by atoms with Gasteiger partial charge in [-0.15, -0.1) is 0 Å². The minimum absolute atomic E-state index is 0.103. The van der Waals surface area contributed by atoms with Crippen molar-refractivity contribution in [3.63, 3.8) is 0 Å². The number of aliphatic hydroxyl groups is 1. The van der Waals surface area contributed by atoms with Crippen molar-refractivity contribution < 1.29 is 14.8 Å². The van der Waals surface area contributed by atoms with Crippen LogP contribution < -0.4 is 10.6 Å². The normalized spacial score (nSPS) is 11.5. The zero-order chi connectivity index (χ0) is 16.7. The van der Waals surface area contributed by atoms with Gasteiger partial charge < -0.3 is 15.7 Å². The van der Waals surface area contributed by atoms with E-state index in [1.807, 2.05) is 30.3 Å². The molecule has 0 radical (unpaired) electrons. The van der Waals surface area contributed by atoms with Gasteiger partial charge in [-0.1, -0.05) is 42.5 Å². The number of amides is 2. The van der Waals surface area contributed by atoms with Crippen molar-refractivity contribution in [2.45, 2.75) is 12.5 Å². The predicted molar refractivity (Wildman–Crippen MR) is 86.3 cm³/mol. The lowest BCUT2D eigenvalue weighted by molar-refractivity contribution is -0.383. The minimum Gasteiger partial charge on any atom is -0.394 e. The summed E-state index contributed by atoms with van der Waals surface area (Å²) in [5.74, 6) is 0. The van der Waals surface area contributed by atoms with E-state index >= 15 is 0 Å². The van der Waals surface area contributed by atoms with Gasteiger partial charge >= 0.3 is 6.03 Å². The van der Waals surface area contributed by atoms with Gasteiger partial charge in [0.2, 0.25) is 0 Å². The molecule has 120 valence electrons. The van der Waals surface area contributed by atoms with Crippen molar-refractivity contribution in [2.75, 3.05) is 11.9 Å². The molecule has 0 aromatic heterocycles. The number of nitrogens with zero attached hydrogens (tertiary/aromatic N) is 1. The Morgan fingerprint density at radius 3 is 2.43 bits per heavy atom. The van der Waals surface area contributed by atoms with E-state index < -0.39 is 17.0 Å². The van der Waals surface area contributed by atoms with Crippen molar-refractivity contribution in [3.05, 3.63) is 70.3 Å². The highest BCUT2D eigenvalue weighted by molar-refractivity contribution is 5.91. The number of rotatable bonds is 6. The van der Waals surface area contributed by atoms with Gasteiger partial charge in [0.1, 0.15) is 5.69 Å². The van der Waals surface area contributed by atoms with Gasteiger partial charge in [-0.3, -0.25) is 10.1 Å². The molecular formula is C16H17N3O4. The van der Waals surface area contributed by atoms with Crippen LogP contribution in [0.5, 0.6) is 0 Å². The van der Waals surface area contributed by atoms with Crippen LogP contribution in [0.25, 0.3) is 0 Å². The second-order valence-electron chi connectivity index (χ2n) is 4.94. The molecule has 7 heteroatoms. The molecule has 0 spiro atoms. The predicted octanol–water partition coefficient (Wildman–Crippen LogP) is 2.32. The Morgan fingerprint density at radius 1 is 1.13 bits per heavy atom. The number of carbonyl (C=O) groups excluding carboxylic acids is 1. The molecule has 0 aliphatic carbocycles. The molecule has 23 heavy (non-hydrogen) atoms. The number of benzene rings is 2. The molecule has 0 bridgehead atoms. The minimum atomic E-state index is -0.603. The number of aliphatic hydroxyl groups excluding tert-OH is 1. The summed E-state index contributed by atoms with van der Waals surface area (Å²) in [7, 11) is 0. The van der Waals surface area contributed by atoms with Crippen molar-refractivity contribution in [2.24, 2.45) is 0 Å². The van der Waals surface area contributed by atoms with Gasteiger partial charge in [0.25, 0.3) is 5.69 Å². The van der Waals surface area contributed by atoms with Crippen molar-refractivity contribution in [1.82, 2.24) is 5.32 Å². The van der Waals surface area contributed by atoms with Crippen LogP contribution in [0.1, 0.15) is 5.56 Å². The summed E-state index contributed by atoms with van der Waals surface area (Å²) in [4.78, 5) is 22.3. The summed E-state index contributed by atoms with van der Waals surface area (Å²) in [5.41, 5.74) is 0.884. The zero-order valence-corrected chi connectivity index (χ0v) is 12.3. The highest BCUT2D eigenvalue weighted by Crippen LogP contribution is 2.22. The van der Waals surface area contributed by atoms with Gasteiger partial charge in [-0.25, -0.2) is 4.79 Å². The topological polar surface area (TPSA) is 104 Å². The third-order valence-corrected chi connectivity index (χ3v) is 3.23. The summed E-state index contributed by atoms with van der Waals surface area (Å²) in [6, 6.07) is 14.2. The fourth-order valence-corrected chi connectivity index (χ4v) is 2.14. The summed E-state index contributed by atoms with van der Waals surface area (Å²) in [6.45, 7) is -0.237. The van der Waals surface area contributed by atoms with Gasteiger partial charge in [-0.2, -0.15) is 0 Å². The Kier molecular flexibility index (Phi) is 5.65. The smallest absolute Gasteiger partial charge is 0.319 e. The van der Waals surface area contributed by atoms with Gasteiger partial charge in [0.15, 0.2) is 0 Å². The molecule has 2 amide bonds. The van der Waals surface area contributed by atoms with Crippen LogP contribution in [-0.4, -0.2) is 28.7 Å². The van der Waals surface area contributed by atoms with E-state index in [1.165, 1.54) is 18.2 Å². The Bertz CT molecular complexity index is 676. The van der Waals surface area contributed by atoms with E-state index in [-0.39, 0.29) is 18.0 Å². The maximum atomic E-state index is 12.0. The van der Waals surface area contributed by atoms with E-state index in [4.69, 9.17) is 0 Å². The van der Waals surface area contributed by atoms with Crippen LogP contribution in [0, 0.1) is 10.1 Å². The third-order valence-electron chi connectivity index (χ3n) is 3.23. The molecular weight excluding hydrogens is 298 g/mol. The zero-order valence-electron chi connectivity index (χ0n) is 12.3. The number of nitro benzene ring substituents is 1. The fourth-order valence-electron chi connectivity index (χ4n) is 2.14. The Morgan fingerprint density at radius 2 is 1.78 bits per heavy atom. The number of nitro groups is 1. The molecule has 3 N–H and O–H groups in total. The Hall–Kier alpha value is -2.93. The molecule has 2 rings (SSSR count). The number of carbonyl (C=O) groups is 1. The first kappa shape index (κ1) is 16.4. The van der Waals surface area contributed by atoms with Crippen molar-refractivity contribution in [1.29, 1.82) is 0 Å². The monoisotopic (exact) mass is 315 g/mol.